The van der Waals surface area contributed by atoms with Gasteiger partial charge >= 0.3 is 0 Å². The fraction of sp³-hybridized carbons (Fsp3) is 0.182. The molecular formula is C11H13FN2. The average molecular weight is 192 g/mol. The molecule has 3 heteroatoms. The first-order valence-corrected chi connectivity index (χ1v) is 4.43. The lowest BCUT2D eigenvalue weighted by Crippen LogP contribution is -2.15. The second-order valence-electron chi connectivity index (χ2n) is 2.87. The Morgan fingerprint density at radius 1 is 1.36 bits per heavy atom. The monoisotopic (exact) mass is 192 g/mol. The van der Waals surface area contributed by atoms with Crippen molar-refractivity contribution < 1.29 is 4.39 Å². The van der Waals surface area contributed by atoms with Gasteiger partial charge in [0.1, 0.15) is 6.33 Å². The number of para-hydroxylation sites is 1. The van der Waals surface area contributed by atoms with Crippen LogP contribution in [-0.2, 0) is 0 Å². The number of aliphatic imine (C=N–C) groups is 1. The SMILES string of the molecule is CC(/C=N\C=C/F)Nc1ccccc1. The van der Waals surface area contributed by atoms with Gasteiger partial charge in [-0.3, -0.25) is 4.99 Å². The molecule has 1 unspecified atom stereocenters. The smallest absolute Gasteiger partial charge is 0.105 e. The molecule has 14 heavy (non-hydrogen) atoms. The lowest BCUT2D eigenvalue weighted by atomic mass is 10.3. The molecule has 1 aromatic rings. The van der Waals surface area contributed by atoms with E-state index in [1.54, 1.807) is 6.21 Å². The van der Waals surface area contributed by atoms with Gasteiger partial charge in [0.15, 0.2) is 0 Å². The zero-order valence-electron chi connectivity index (χ0n) is 8.02. The maximum Gasteiger partial charge on any atom is 0.105 e. The fourth-order valence-electron chi connectivity index (χ4n) is 1.05. The lowest BCUT2D eigenvalue weighted by Gasteiger charge is -2.09. The minimum absolute atomic E-state index is 0.0774. The predicted molar refractivity (Wildman–Crippen MR) is 58.3 cm³/mol. The van der Waals surface area contributed by atoms with Crippen LogP contribution >= 0.6 is 0 Å². The minimum atomic E-state index is 0.0774. The van der Waals surface area contributed by atoms with Crippen molar-refractivity contribution in [3.8, 4) is 0 Å². The Morgan fingerprint density at radius 2 is 2.07 bits per heavy atom. The summed E-state index contributed by atoms with van der Waals surface area (Å²) in [7, 11) is 0. The summed E-state index contributed by atoms with van der Waals surface area (Å²) >= 11 is 0. The number of nitrogens with one attached hydrogen (secondary N) is 1. The standard InChI is InChI=1S/C11H13FN2/c1-10(9-13-8-7-12)14-11-5-3-2-4-6-11/h2-10,14H,1H3/b8-7-,13-9-. The summed E-state index contributed by atoms with van der Waals surface area (Å²) in [6.45, 7) is 1.95. The van der Waals surface area contributed by atoms with Crippen molar-refractivity contribution in [2.45, 2.75) is 13.0 Å². The molecule has 0 aliphatic carbocycles. The molecule has 0 aliphatic heterocycles. The summed E-state index contributed by atoms with van der Waals surface area (Å²) < 4.78 is 11.6. The maximum absolute atomic E-state index is 11.6. The van der Waals surface area contributed by atoms with Crippen LogP contribution in [0, 0.1) is 0 Å². The highest BCUT2D eigenvalue weighted by molar-refractivity contribution is 5.69. The van der Waals surface area contributed by atoms with Crippen LogP contribution in [0.5, 0.6) is 0 Å². The van der Waals surface area contributed by atoms with Gasteiger partial charge in [-0.15, -0.1) is 0 Å². The topological polar surface area (TPSA) is 24.4 Å². The number of rotatable bonds is 4. The van der Waals surface area contributed by atoms with E-state index in [1.807, 2.05) is 37.3 Å². The molecule has 1 rings (SSSR count). The zero-order valence-corrected chi connectivity index (χ0v) is 8.02. The molecule has 0 heterocycles. The fourth-order valence-corrected chi connectivity index (χ4v) is 1.05. The molecule has 2 nitrogen and oxygen atoms in total. The van der Waals surface area contributed by atoms with Crippen molar-refractivity contribution in [3.05, 3.63) is 42.9 Å². The van der Waals surface area contributed by atoms with E-state index >= 15 is 0 Å². The first kappa shape index (κ1) is 10.4. The molecule has 0 spiro atoms. The van der Waals surface area contributed by atoms with Crippen LogP contribution in [-0.4, -0.2) is 12.3 Å². The van der Waals surface area contributed by atoms with E-state index in [9.17, 15) is 4.39 Å². The van der Waals surface area contributed by atoms with Gasteiger partial charge in [0.2, 0.25) is 0 Å². The Bertz CT molecular complexity index is 306. The molecule has 0 fully saturated rings. The van der Waals surface area contributed by atoms with Crippen LogP contribution in [0.15, 0.2) is 47.9 Å². The van der Waals surface area contributed by atoms with E-state index in [4.69, 9.17) is 0 Å². The first-order chi connectivity index (χ1) is 6.83. The molecular weight excluding hydrogens is 179 g/mol. The molecule has 1 atom stereocenters. The number of hydrogen-bond acceptors (Lipinski definition) is 2. The summed E-state index contributed by atoms with van der Waals surface area (Å²) in [5.41, 5.74) is 1.02. The van der Waals surface area contributed by atoms with Gasteiger partial charge in [-0.25, -0.2) is 4.39 Å². The third-order valence-corrected chi connectivity index (χ3v) is 1.62. The van der Waals surface area contributed by atoms with Crippen molar-refractivity contribution >= 4 is 11.9 Å². The summed E-state index contributed by atoms with van der Waals surface area (Å²) in [6, 6.07) is 9.87. The van der Waals surface area contributed by atoms with Crippen LogP contribution in [0.2, 0.25) is 0 Å². The number of anilines is 1. The van der Waals surface area contributed by atoms with E-state index in [2.05, 4.69) is 10.3 Å². The predicted octanol–water partition coefficient (Wildman–Crippen LogP) is 3.00. The number of hydrogen-bond donors (Lipinski definition) is 1. The number of halogens is 1. The highest BCUT2D eigenvalue weighted by Crippen LogP contribution is 2.05. The van der Waals surface area contributed by atoms with Crippen LogP contribution in [0.3, 0.4) is 0 Å². The van der Waals surface area contributed by atoms with Crippen LogP contribution in [0.25, 0.3) is 0 Å². The van der Waals surface area contributed by atoms with Crippen molar-refractivity contribution in [3.63, 3.8) is 0 Å². The summed E-state index contributed by atoms with van der Waals surface area (Å²) in [5, 5.41) is 3.20. The van der Waals surface area contributed by atoms with Gasteiger partial charge in [-0.05, 0) is 19.1 Å². The van der Waals surface area contributed by atoms with Gasteiger partial charge in [0, 0.05) is 11.9 Å². The summed E-state index contributed by atoms with van der Waals surface area (Å²) in [5.74, 6) is 0. The van der Waals surface area contributed by atoms with E-state index in [0.29, 0.717) is 6.33 Å². The van der Waals surface area contributed by atoms with Crippen molar-refractivity contribution in [1.82, 2.24) is 0 Å². The number of benzene rings is 1. The van der Waals surface area contributed by atoms with E-state index in [0.717, 1.165) is 11.9 Å². The van der Waals surface area contributed by atoms with Crippen LogP contribution in [0.4, 0.5) is 10.1 Å². The van der Waals surface area contributed by atoms with E-state index in [1.165, 1.54) is 0 Å². The minimum Gasteiger partial charge on any atom is -0.378 e. The van der Waals surface area contributed by atoms with Crippen LogP contribution < -0.4 is 5.32 Å². The molecule has 0 saturated carbocycles. The molecule has 74 valence electrons. The van der Waals surface area contributed by atoms with E-state index < -0.39 is 0 Å². The quantitative estimate of drug-likeness (QED) is 0.728. The van der Waals surface area contributed by atoms with Gasteiger partial charge in [0.25, 0.3) is 0 Å². The molecule has 0 saturated heterocycles. The molecule has 0 bridgehead atoms. The molecule has 1 aromatic carbocycles. The van der Waals surface area contributed by atoms with Crippen molar-refractivity contribution in [2.24, 2.45) is 4.99 Å². The Balaban J connectivity index is 2.45. The Hall–Kier alpha value is -1.64. The summed E-state index contributed by atoms with van der Waals surface area (Å²) in [4.78, 5) is 3.74. The highest BCUT2D eigenvalue weighted by atomic mass is 19.1. The molecule has 0 amide bonds. The normalized spacial score (nSPS) is 13.6. The highest BCUT2D eigenvalue weighted by Gasteiger charge is 1.95. The Morgan fingerprint density at radius 3 is 2.71 bits per heavy atom. The van der Waals surface area contributed by atoms with Gasteiger partial charge in [0.05, 0.1) is 12.2 Å². The first-order valence-electron chi connectivity index (χ1n) is 4.43. The molecule has 0 radical (unpaired) electrons. The third-order valence-electron chi connectivity index (χ3n) is 1.62. The number of nitrogens with zero attached hydrogens (tertiary/aromatic N) is 1. The molecule has 0 aromatic heterocycles. The average Bonchev–Trinajstić information content (AvgIpc) is 2.20. The largest absolute Gasteiger partial charge is 0.378 e. The van der Waals surface area contributed by atoms with Gasteiger partial charge in [-0.2, -0.15) is 0 Å². The van der Waals surface area contributed by atoms with Crippen molar-refractivity contribution in [2.75, 3.05) is 5.32 Å². The summed E-state index contributed by atoms with van der Waals surface area (Å²) in [6.07, 6.45) is 3.16. The van der Waals surface area contributed by atoms with Gasteiger partial charge < -0.3 is 5.32 Å². The lowest BCUT2D eigenvalue weighted by molar-refractivity contribution is 0.718. The Kier molecular flexibility index (Phi) is 4.41. The third kappa shape index (κ3) is 3.85. The molecule has 1 N–H and O–H groups in total. The second kappa shape index (κ2) is 5.91. The second-order valence-corrected chi connectivity index (χ2v) is 2.87. The van der Waals surface area contributed by atoms with Crippen LogP contribution in [0.1, 0.15) is 6.92 Å². The Labute approximate surface area is 83.2 Å². The van der Waals surface area contributed by atoms with E-state index in [-0.39, 0.29) is 6.04 Å². The van der Waals surface area contributed by atoms with Gasteiger partial charge in [-0.1, -0.05) is 18.2 Å². The van der Waals surface area contributed by atoms with Crippen molar-refractivity contribution in [1.29, 1.82) is 0 Å². The zero-order chi connectivity index (χ0) is 10.2. The molecule has 0 aliphatic rings. The maximum atomic E-state index is 11.6.